The summed E-state index contributed by atoms with van der Waals surface area (Å²) in [6, 6.07) is 14.1. The van der Waals surface area contributed by atoms with Crippen LogP contribution in [-0.2, 0) is 0 Å². The van der Waals surface area contributed by atoms with Crippen molar-refractivity contribution in [2.45, 2.75) is 0 Å². The van der Waals surface area contributed by atoms with Crippen molar-refractivity contribution in [3.05, 3.63) is 138 Å². The molecule has 12 nitrogen and oxygen atoms in total. The lowest BCUT2D eigenvalue weighted by Gasteiger charge is -2.17. The molecule has 0 bridgehead atoms. The third-order valence-electron chi connectivity index (χ3n) is 7.35. The fourth-order valence-corrected chi connectivity index (χ4v) is 5.66. The van der Waals surface area contributed by atoms with Crippen molar-refractivity contribution in [1.29, 1.82) is 36.8 Å². The van der Waals surface area contributed by atoms with E-state index in [0.717, 1.165) is 24.5 Å². The number of hydrogen-bond acceptors (Lipinski definition) is 9. The Bertz CT molecular complexity index is 2470. The molecule has 0 saturated heterocycles. The molecule has 5 rings (SSSR count). The van der Waals surface area contributed by atoms with Crippen LogP contribution < -0.4 is 0 Å². The van der Waals surface area contributed by atoms with Crippen molar-refractivity contribution in [1.82, 2.24) is 9.97 Å². The van der Waals surface area contributed by atoms with Gasteiger partial charge in [-0.1, -0.05) is 0 Å². The summed E-state index contributed by atoms with van der Waals surface area (Å²) in [4.78, 5) is 16.9. The number of allylic oxidation sites excluding steroid dienone is 7. The fraction of sp³-hybridized carbons (Fsp3) is 0. The van der Waals surface area contributed by atoms with E-state index in [0.29, 0.717) is 0 Å². The molecule has 1 aromatic carbocycles. The van der Waals surface area contributed by atoms with Gasteiger partial charge in [0.25, 0.3) is 11.4 Å². The van der Waals surface area contributed by atoms with Crippen molar-refractivity contribution < 1.29 is 8.78 Å². The van der Waals surface area contributed by atoms with Gasteiger partial charge < -0.3 is 0 Å². The molecule has 0 aliphatic heterocycles. The molecule has 0 atom stereocenters. The molecule has 14 heteroatoms. The van der Waals surface area contributed by atoms with Gasteiger partial charge in [0.15, 0.2) is 0 Å². The topological polar surface area (TPSA) is 205 Å². The number of rotatable bonds is 2. The molecule has 0 N–H and O–H groups in total. The number of pyridine rings is 2. The van der Waals surface area contributed by atoms with Crippen LogP contribution in [0, 0.1) is 111 Å². The standard InChI is InChI=1S/C34H4F2N12/c1-44-22(11-42)32-26(17-4-24(35)47-13-15(17)6-37)19(8-39)27-20(9-40)29-31(21(10-41)28(27)32)34(46-3)30(33(29)23(12-43)45-2)18-5-25(36)48-14-16(18)7-38/h4-5,13-14H/b32-22-,33-23-. The summed E-state index contributed by atoms with van der Waals surface area (Å²) in [5.41, 5.74) is -7.72. The van der Waals surface area contributed by atoms with E-state index >= 15 is 0 Å². The lowest BCUT2D eigenvalue weighted by molar-refractivity contribution is 0.582. The first kappa shape index (κ1) is 30.7. The number of hydrogen-bond donors (Lipinski definition) is 0. The van der Waals surface area contributed by atoms with E-state index in [1.807, 2.05) is 18.2 Å². The second kappa shape index (κ2) is 11.7. The molecule has 214 valence electrons. The Morgan fingerprint density at radius 2 is 1.06 bits per heavy atom. The molecule has 0 saturated carbocycles. The zero-order valence-corrected chi connectivity index (χ0v) is 23.4. The quantitative estimate of drug-likeness (QED) is 0.193. The predicted molar refractivity (Wildman–Crippen MR) is 158 cm³/mol. The molecule has 0 fully saturated rings. The highest BCUT2D eigenvalue weighted by Crippen LogP contribution is 2.58. The smallest absolute Gasteiger partial charge is 0.237 e. The molecule has 0 spiro atoms. The molecule has 0 amide bonds. The zero-order chi connectivity index (χ0) is 34.9. The third kappa shape index (κ3) is 4.10. The first-order valence-corrected chi connectivity index (χ1v) is 12.7. The van der Waals surface area contributed by atoms with Gasteiger partial charge in [0.2, 0.25) is 17.6 Å². The van der Waals surface area contributed by atoms with Crippen LogP contribution >= 0.6 is 0 Å². The maximum Gasteiger partial charge on any atom is 0.270 e. The number of nitriles is 7. The van der Waals surface area contributed by atoms with Crippen molar-refractivity contribution >= 4 is 33.6 Å². The average Bonchev–Trinajstić information content (AvgIpc) is 3.61. The number of benzene rings is 1. The molecular formula is C34H4F2N12. The Kier molecular flexibility index (Phi) is 7.50. The van der Waals surface area contributed by atoms with Crippen molar-refractivity contribution in [2.75, 3.05) is 0 Å². The van der Waals surface area contributed by atoms with Crippen LogP contribution in [0.4, 0.5) is 8.78 Å². The van der Waals surface area contributed by atoms with Crippen LogP contribution in [-0.4, -0.2) is 9.97 Å². The van der Waals surface area contributed by atoms with E-state index in [1.54, 1.807) is 24.3 Å². The first-order chi connectivity index (χ1) is 23.2. The SMILES string of the molecule is [C-]#[N+]C1=C(c2cc(F)ncc2C#N)/C(=C(/C#N)[N+]#[C-])c2c(C#N)c3c(c(C#N)c21)/C(=C(/C#N)[N+]#[C-])C(c1cc(F)ncc1C#N)=C3C#N. The molecule has 0 radical (unpaired) electrons. The largest absolute Gasteiger partial charge is 0.270 e. The van der Waals surface area contributed by atoms with Crippen molar-refractivity contribution in [2.24, 2.45) is 0 Å². The van der Waals surface area contributed by atoms with Crippen LogP contribution in [0.1, 0.15) is 55.6 Å². The van der Waals surface area contributed by atoms with E-state index in [9.17, 15) is 45.6 Å². The van der Waals surface area contributed by atoms with E-state index < -0.39 is 56.8 Å². The molecule has 0 unspecified atom stereocenters. The Labute approximate surface area is 269 Å². The molecule has 2 aromatic heterocycles. The number of halogens is 2. The van der Waals surface area contributed by atoms with Crippen LogP contribution in [0.5, 0.6) is 0 Å². The molecule has 2 aliphatic rings. The maximum atomic E-state index is 14.6. The summed E-state index contributed by atoms with van der Waals surface area (Å²) in [6.45, 7) is 23.5. The van der Waals surface area contributed by atoms with Gasteiger partial charge in [-0.15, -0.1) is 0 Å². The maximum absolute atomic E-state index is 14.6. The number of nitrogens with zero attached hydrogens (tertiary/aromatic N) is 12. The minimum absolute atomic E-state index is 0.298. The third-order valence-corrected chi connectivity index (χ3v) is 7.35. The van der Waals surface area contributed by atoms with Crippen LogP contribution in [0.25, 0.3) is 48.1 Å². The van der Waals surface area contributed by atoms with Gasteiger partial charge in [-0.05, 0) is 33.4 Å². The highest BCUT2D eigenvalue weighted by molar-refractivity contribution is 6.31. The highest BCUT2D eigenvalue weighted by Gasteiger charge is 2.44. The van der Waals surface area contributed by atoms with Gasteiger partial charge in [-0.2, -0.15) is 35.1 Å². The van der Waals surface area contributed by atoms with Crippen LogP contribution in [0.2, 0.25) is 0 Å². The van der Waals surface area contributed by atoms with Gasteiger partial charge in [0.1, 0.15) is 24.3 Å². The van der Waals surface area contributed by atoms with Crippen molar-refractivity contribution in [3.8, 4) is 42.5 Å². The normalized spacial score (nSPS) is 14.2. The van der Waals surface area contributed by atoms with E-state index in [2.05, 4.69) is 24.5 Å². The second-order valence-corrected chi connectivity index (χ2v) is 9.39. The fourth-order valence-electron chi connectivity index (χ4n) is 5.66. The highest BCUT2D eigenvalue weighted by atomic mass is 19.1. The minimum atomic E-state index is -1.12. The molecular weight excluding hydrogens is 614 g/mol. The van der Waals surface area contributed by atoms with Gasteiger partial charge in [0.05, 0.1) is 65.8 Å². The summed E-state index contributed by atoms with van der Waals surface area (Å²) >= 11 is 0. The second-order valence-electron chi connectivity index (χ2n) is 9.39. The van der Waals surface area contributed by atoms with Crippen LogP contribution in [0.15, 0.2) is 35.9 Å². The first-order valence-electron chi connectivity index (χ1n) is 12.7. The Morgan fingerprint density at radius 1 is 0.604 bits per heavy atom. The summed E-state index contributed by atoms with van der Waals surface area (Å²) in [5, 5.41) is 71.5. The van der Waals surface area contributed by atoms with E-state index in [-0.39, 0.29) is 55.7 Å². The Morgan fingerprint density at radius 3 is 1.48 bits per heavy atom. The van der Waals surface area contributed by atoms with Crippen LogP contribution in [0.3, 0.4) is 0 Å². The Balaban J connectivity index is 2.17. The monoisotopic (exact) mass is 618 g/mol. The van der Waals surface area contributed by atoms with E-state index in [1.165, 1.54) is 0 Å². The lowest BCUT2D eigenvalue weighted by atomic mass is 9.83. The molecule has 48 heavy (non-hydrogen) atoms. The summed E-state index contributed by atoms with van der Waals surface area (Å²) < 4.78 is 29.1. The lowest BCUT2D eigenvalue weighted by Crippen LogP contribution is -2.04. The minimum Gasteiger partial charge on any atom is -0.237 e. The summed E-state index contributed by atoms with van der Waals surface area (Å²) in [7, 11) is 0. The number of fused-ring (bicyclic) bond motifs is 2. The number of aromatic nitrogens is 2. The van der Waals surface area contributed by atoms with Crippen molar-refractivity contribution in [3.63, 3.8) is 0 Å². The summed E-state index contributed by atoms with van der Waals surface area (Å²) in [6.07, 6.45) is 1.69. The van der Waals surface area contributed by atoms with Gasteiger partial charge >= 0.3 is 0 Å². The summed E-state index contributed by atoms with van der Waals surface area (Å²) in [5.74, 6) is -2.23. The molecule has 3 aromatic rings. The average molecular weight is 618 g/mol. The zero-order valence-electron chi connectivity index (χ0n) is 23.4. The van der Waals surface area contributed by atoms with Gasteiger partial charge in [-0.3, -0.25) is 0 Å². The van der Waals surface area contributed by atoms with Gasteiger partial charge in [0, 0.05) is 46.8 Å². The Hall–Kier alpha value is -8.76. The predicted octanol–water partition coefficient (Wildman–Crippen LogP) is 5.80. The van der Waals surface area contributed by atoms with E-state index in [4.69, 9.17) is 19.7 Å². The van der Waals surface area contributed by atoms with Gasteiger partial charge in [-0.25, -0.2) is 35.0 Å². The molecule has 2 heterocycles. The molecule has 2 aliphatic carbocycles.